The molecular formula is C17H16BrNO3. The largest absolute Gasteiger partial charge is 0.497 e. The van der Waals surface area contributed by atoms with E-state index in [9.17, 15) is 4.79 Å². The fraction of sp³-hybridized carbons (Fsp3) is 0.235. The number of amides is 1. The first-order chi connectivity index (χ1) is 10.6. The molecule has 0 fully saturated rings. The Labute approximate surface area is 137 Å². The Balaban J connectivity index is 2.15. The Hall–Kier alpha value is -2.01. The SMILES string of the molecule is COc1cc2c(c(OC)c1)C(c1ccc(Br)cc1)CC(=O)N2. The molecule has 22 heavy (non-hydrogen) atoms. The van der Waals surface area contributed by atoms with E-state index < -0.39 is 0 Å². The van der Waals surface area contributed by atoms with Gasteiger partial charge >= 0.3 is 0 Å². The van der Waals surface area contributed by atoms with Gasteiger partial charge in [-0.15, -0.1) is 0 Å². The molecule has 3 rings (SSSR count). The highest BCUT2D eigenvalue weighted by atomic mass is 79.9. The minimum absolute atomic E-state index is 0.00396. The van der Waals surface area contributed by atoms with Gasteiger partial charge in [0.05, 0.1) is 19.9 Å². The van der Waals surface area contributed by atoms with Gasteiger partial charge in [-0.2, -0.15) is 0 Å². The van der Waals surface area contributed by atoms with E-state index in [1.165, 1.54) is 0 Å². The smallest absolute Gasteiger partial charge is 0.225 e. The Morgan fingerprint density at radius 1 is 1.14 bits per heavy atom. The zero-order valence-electron chi connectivity index (χ0n) is 12.4. The molecule has 0 aliphatic carbocycles. The minimum atomic E-state index is -0.0299. The van der Waals surface area contributed by atoms with Crippen LogP contribution in [-0.4, -0.2) is 20.1 Å². The van der Waals surface area contributed by atoms with Gasteiger partial charge in [-0.05, 0) is 17.7 Å². The number of rotatable bonds is 3. The quantitative estimate of drug-likeness (QED) is 0.900. The second-order valence-electron chi connectivity index (χ2n) is 5.15. The van der Waals surface area contributed by atoms with Gasteiger partial charge in [0.1, 0.15) is 11.5 Å². The van der Waals surface area contributed by atoms with Crippen LogP contribution in [0, 0.1) is 0 Å². The zero-order chi connectivity index (χ0) is 15.7. The van der Waals surface area contributed by atoms with Crippen LogP contribution in [0.5, 0.6) is 11.5 Å². The lowest BCUT2D eigenvalue weighted by atomic mass is 9.84. The second-order valence-corrected chi connectivity index (χ2v) is 6.06. The average molecular weight is 362 g/mol. The molecule has 5 heteroatoms. The number of hydrogen-bond acceptors (Lipinski definition) is 3. The van der Waals surface area contributed by atoms with Crippen molar-refractivity contribution in [2.45, 2.75) is 12.3 Å². The number of fused-ring (bicyclic) bond motifs is 1. The first kappa shape index (κ1) is 14.9. The van der Waals surface area contributed by atoms with E-state index >= 15 is 0 Å². The monoisotopic (exact) mass is 361 g/mol. The summed E-state index contributed by atoms with van der Waals surface area (Å²) < 4.78 is 11.8. The molecule has 0 radical (unpaired) electrons. The van der Waals surface area contributed by atoms with Gasteiger partial charge in [0.25, 0.3) is 0 Å². The third-order valence-corrected chi connectivity index (χ3v) is 4.38. The van der Waals surface area contributed by atoms with Crippen LogP contribution in [0.3, 0.4) is 0 Å². The number of anilines is 1. The maximum atomic E-state index is 12.1. The second kappa shape index (κ2) is 6.01. The van der Waals surface area contributed by atoms with Crippen molar-refractivity contribution in [1.29, 1.82) is 0 Å². The Morgan fingerprint density at radius 2 is 1.86 bits per heavy atom. The summed E-state index contributed by atoms with van der Waals surface area (Å²) in [4.78, 5) is 12.1. The number of carbonyl (C=O) groups is 1. The van der Waals surface area contributed by atoms with Gasteiger partial charge in [-0.25, -0.2) is 0 Å². The van der Waals surface area contributed by atoms with Gasteiger partial charge in [0.15, 0.2) is 0 Å². The molecule has 0 spiro atoms. The molecule has 0 saturated carbocycles. The predicted molar refractivity (Wildman–Crippen MR) is 88.8 cm³/mol. The maximum Gasteiger partial charge on any atom is 0.225 e. The van der Waals surface area contributed by atoms with E-state index in [1.807, 2.05) is 36.4 Å². The molecule has 1 amide bonds. The van der Waals surface area contributed by atoms with Crippen LogP contribution in [-0.2, 0) is 4.79 Å². The molecule has 1 unspecified atom stereocenters. The zero-order valence-corrected chi connectivity index (χ0v) is 13.9. The molecule has 2 aromatic carbocycles. The highest BCUT2D eigenvalue weighted by molar-refractivity contribution is 9.10. The van der Waals surface area contributed by atoms with Crippen molar-refractivity contribution in [3.8, 4) is 11.5 Å². The maximum absolute atomic E-state index is 12.1. The molecule has 1 N–H and O–H groups in total. The lowest BCUT2D eigenvalue weighted by Crippen LogP contribution is -2.24. The summed E-state index contributed by atoms with van der Waals surface area (Å²) in [5.74, 6) is 1.35. The average Bonchev–Trinajstić information content (AvgIpc) is 2.53. The first-order valence-corrected chi connectivity index (χ1v) is 7.73. The summed E-state index contributed by atoms with van der Waals surface area (Å²) in [7, 11) is 3.22. The van der Waals surface area contributed by atoms with Gasteiger partial charge in [-0.3, -0.25) is 4.79 Å². The standard InChI is InChI=1S/C17H16BrNO3/c1-21-12-7-14-17(15(8-12)22-2)13(9-16(20)19-14)10-3-5-11(18)6-4-10/h3-8,13H,9H2,1-2H3,(H,19,20). The molecular weight excluding hydrogens is 346 g/mol. The number of carbonyl (C=O) groups excluding carboxylic acids is 1. The minimum Gasteiger partial charge on any atom is -0.497 e. The van der Waals surface area contributed by atoms with Crippen molar-refractivity contribution >= 4 is 27.5 Å². The van der Waals surface area contributed by atoms with Crippen LogP contribution >= 0.6 is 15.9 Å². The lowest BCUT2D eigenvalue weighted by Gasteiger charge is -2.28. The number of halogens is 1. The van der Waals surface area contributed by atoms with Crippen molar-refractivity contribution in [3.05, 3.63) is 52.0 Å². The summed E-state index contributed by atoms with van der Waals surface area (Å²) in [6.45, 7) is 0. The Kier molecular flexibility index (Phi) is 4.07. The predicted octanol–water partition coefficient (Wildman–Crippen LogP) is 3.94. The van der Waals surface area contributed by atoms with Crippen molar-refractivity contribution in [2.75, 3.05) is 19.5 Å². The third kappa shape index (κ3) is 2.68. The lowest BCUT2D eigenvalue weighted by molar-refractivity contribution is -0.116. The molecule has 1 aliphatic rings. The summed E-state index contributed by atoms with van der Waals surface area (Å²) in [6.07, 6.45) is 0.400. The van der Waals surface area contributed by atoms with Crippen molar-refractivity contribution < 1.29 is 14.3 Å². The van der Waals surface area contributed by atoms with E-state index in [-0.39, 0.29) is 11.8 Å². The first-order valence-electron chi connectivity index (χ1n) is 6.93. The topological polar surface area (TPSA) is 47.6 Å². The number of hydrogen-bond donors (Lipinski definition) is 1. The molecule has 0 saturated heterocycles. The van der Waals surface area contributed by atoms with Crippen LogP contribution in [0.25, 0.3) is 0 Å². The normalized spacial score (nSPS) is 16.7. The number of ether oxygens (including phenoxy) is 2. The van der Waals surface area contributed by atoms with E-state index in [4.69, 9.17) is 9.47 Å². The summed E-state index contributed by atoms with van der Waals surface area (Å²) in [5, 5.41) is 2.91. The van der Waals surface area contributed by atoms with Crippen molar-refractivity contribution in [1.82, 2.24) is 0 Å². The Bertz CT molecular complexity index is 713. The van der Waals surface area contributed by atoms with Crippen LogP contribution in [0.15, 0.2) is 40.9 Å². The van der Waals surface area contributed by atoms with Gasteiger partial charge in [-0.1, -0.05) is 28.1 Å². The molecule has 1 atom stereocenters. The van der Waals surface area contributed by atoms with E-state index in [0.717, 1.165) is 27.0 Å². The summed E-state index contributed by atoms with van der Waals surface area (Å²) in [6, 6.07) is 11.7. The summed E-state index contributed by atoms with van der Waals surface area (Å²) in [5.41, 5.74) is 2.83. The fourth-order valence-electron chi connectivity index (χ4n) is 2.82. The van der Waals surface area contributed by atoms with Crippen LogP contribution < -0.4 is 14.8 Å². The molecule has 4 nitrogen and oxygen atoms in total. The molecule has 0 bridgehead atoms. The number of nitrogens with one attached hydrogen (secondary N) is 1. The molecule has 2 aromatic rings. The van der Waals surface area contributed by atoms with Crippen LogP contribution in [0.2, 0.25) is 0 Å². The number of methoxy groups -OCH3 is 2. The van der Waals surface area contributed by atoms with Gasteiger partial charge in [0, 0.05) is 34.5 Å². The molecule has 0 aromatic heterocycles. The van der Waals surface area contributed by atoms with Crippen LogP contribution in [0.1, 0.15) is 23.5 Å². The highest BCUT2D eigenvalue weighted by Gasteiger charge is 2.30. The molecule has 1 heterocycles. The number of benzene rings is 2. The van der Waals surface area contributed by atoms with Crippen LogP contribution in [0.4, 0.5) is 5.69 Å². The molecule has 114 valence electrons. The molecule has 1 aliphatic heterocycles. The van der Waals surface area contributed by atoms with E-state index in [0.29, 0.717) is 12.2 Å². The van der Waals surface area contributed by atoms with E-state index in [1.54, 1.807) is 14.2 Å². The van der Waals surface area contributed by atoms with Crippen molar-refractivity contribution in [3.63, 3.8) is 0 Å². The van der Waals surface area contributed by atoms with Gasteiger partial charge < -0.3 is 14.8 Å². The highest BCUT2D eigenvalue weighted by Crippen LogP contribution is 2.44. The fourth-order valence-corrected chi connectivity index (χ4v) is 3.08. The van der Waals surface area contributed by atoms with E-state index in [2.05, 4.69) is 21.2 Å². The Morgan fingerprint density at radius 3 is 2.50 bits per heavy atom. The van der Waals surface area contributed by atoms with Crippen molar-refractivity contribution in [2.24, 2.45) is 0 Å². The summed E-state index contributed by atoms with van der Waals surface area (Å²) >= 11 is 3.44. The third-order valence-electron chi connectivity index (χ3n) is 3.86. The van der Waals surface area contributed by atoms with Gasteiger partial charge in [0.2, 0.25) is 5.91 Å².